The molecule has 4 nitrogen and oxygen atoms in total. The van der Waals surface area contributed by atoms with Crippen LogP contribution in [0.3, 0.4) is 0 Å². The number of hydrogen-bond donors (Lipinski definition) is 1. The monoisotopic (exact) mass is 229 g/mol. The molecule has 0 radical (unpaired) electrons. The fraction of sp³-hybridized carbons (Fsp3) is 0.111. The molecule has 0 aliphatic rings. The summed E-state index contributed by atoms with van der Waals surface area (Å²) in [6.45, 7) is 0. The van der Waals surface area contributed by atoms with Crippen molar-refractivity contribution < 1.29 is 19.0 Å². The van der Waals surface area contributed by atoms with Crippen LogP contribution in [0.1, 0.15) is 5.56 Å². The molecule has 0 aromatic heterocycles. The normalized spacial score (nSPS) is 11.5. The van der Waals surface area contributed by atoms with Crippen LogP contribution in [0.5, 0.6) is 5.75 Å². The summed E-state index contributed by atoms with van der Waals surface area (Å²) in [5.41, 5.74) is 0.203. The second-order valence-corrected chi connectivity index (χ2v) is 2.93. The van der Waals surface area contributed by atoms with Crippen molar-refractivity contribution in [3.05, 3.63) is 28.8 Å². The van der Waals surface area contributed by atoms with Gasteiger partial charge in [0.05, 0.1) is 10.6 Å². The molecule has 1 unspecified atom stereocenters. The van der Waals surface area contributed by atoms with Gasteiger partial charge in [-0.15, -0.1) is 0 Å². The summed E-state index contributed by atoms with van der Waals surface area (Å²) in [6.07, 6.45) is -2.45. The van der Waals surface area contributed by atoms with Crippen molar-refractivity contribution in [1.82, 2.24) is 0 Å². The first-order chi connectivity index (χ1) is 7.04. The van der Waals surface area contributed by atoms with E-state index in [-0.39, 0.29) is 16.3 Å². The standard InChI is InChI=1S/C9H5ClFNO3/c10-7-3-6(2-1-5(7)4-12)15-8(11)9(13)14/h1-3,8H,(H,13,14). The lowest BCUT2D eigenvalue weighted by atomic mass is 10.2. The molecule has 1 aromatic rings. The Bertz CT molecular complexity index is 430. The molecule has 0 saturated carbocycles. The van der Waals surface area contributed by atoms with Crippen LogP contribution < -0.4 is 4.74 Å². The Balaban J connectivity index is 2.85. The van der Waals surface area contributed by atoms with E-state index in [2.05, 4.69) is 4.74 Å². The largest absolute Gasteiger partial charge is 0.476 e. The summed E-state index contributed by atoms with van der Waals surface area (Å²) in [6, 6.07) is 5.55. The lowest BCUT2D eigenvalue weighted by molar-refractivity contribution is -0.153. The molecule has 0 saturated heterocycles. The Kier molecular flexibility index (Phi) is 3.47. The third kappa shape index (κ3) is 2.82. The van der Waals surface area contributed by atoms with Gasteiger partial charge in [0, 0.05) is 6.07 Å². The lowest BCUT2D eigenvalue weighted by Gasteiger charge is -2.07. The highest BCUT2D eigenvalue weighted by Gasteiger charge is 2.17. The maximum absolute atomic E-state index is 12.6. The summed E-state index contributed by atoms with van der Waals surface area (Å²) >= 11 is 5.62. The van der Waals surface area contributed by atoms with Gasteiger partial charge in [-0.25, -0.2) is 4.79 Å². The van der Waals surface area contributed by atoms with Crippen LogP contribution in [-0.4, -0.2) is 17.4 Å². The Morgan fingerprint density at radius 3 is 2.80 bits per heavy atom. The van der Waals surface area contributed by atoms with Gasteiger partial charge in [0.25, 0.3) is 0 Å². The van der Waals surface area contributed by atoms with Crippen LogP contribution in [0, 0.1) is 11.3 Å². The number of nitrogens with zero attached hydrogens (tertiary/aromatic N) is 1. The van der Waals surface area contributed by atoms with E-state index < -0.39 is 12.3 Å². The van der Waals surface area contributed by atoms with Crippen LogP contribution >= 0.6 is 11.6 Å². The van der Waals surface area contributed by atoms with Gasteiger partial charge in [0.15, 0.2) is 0 Å². The number of halogens is 2. The number of nitriles is 1. The zero-order valence-corrected chi connectivity index (χ0v) is 8.03. The van der Waals surface area contributed by atoms with Crippen LogP contribution in [-0.2, 0) is 4.79 Å². The van der Waals surface area contributed by atoms with E-state index in [1.807, 2.05) is 0 Å². The van der Waals surface area contributed by atoms with Gasteiger partial charge >= 0.3 is 12.3 Å². The summed E-state index contributed by atoms with van der Waals surface area (Å²) in [5, 5.41) is 16.8. The highest BCUT2D eigenvalue weighted by atomic mass is 35.5. The molecule has 78 valence electrons. The first-order valence-corrected chi connectivity index (χ1v) is 4.15. The quantitative estimate of drug-likeness (QED) is 0.860. The zero-order valence-electron chi connectivity index (χ0n) is 7.28. The number of carbonyl (C=O) groups is 1. The summed E-state index contributed by atoms with van der Waals surface area (Å²) in [4.78, 5) is 10.1. The van der Waals surface area contributed by atoms with E-state index in [1.165, 1.54) is 18.2 Å². The highest BCUT2D eigenvalue weighted by Crippen LogP contribution is 2.22. The fourth-order valence-electron chi connectivity index (χ4n) is 0.830. The molecule has 0 fully saturated rings. The molecule has 0 heterocycles. The Morgan fingerprint density at radius 1 is 1.67 bits per heavy atom. The minimum atomic E-state index is -2.45. The predicted octanol–water partition coefficient (Wildman–Crippen LogP) is 1.97. The van der Waals surface area contributed by atoms with Crippen molar-refractivity contribution in [2.75, 3.05) is 0 Å². The van der Waals surface area contributed by atoms with Gasteiger partial charge in [-0.3, -0.25) is 0 Å². The second-order valence-electron chi connectivity index (χ2n) is 2.53. The predicted molar refractivity (Wildman–Crippen MR) is 49.3 cm³/mol. The van der Waals surface area contributed by atoms with E-state index in [4.69, 9.17) is 22.0 Å². The molecular weight excluding hydrogens is 225 g/mol. The van der Waals surface area contributed by atoms with E-state index in [0.717, 1.165) is 0 Å². The first kappa shape index (κ1) is 11.3. The van der Waals surface area contributed by atoms with Gasteiger partial charge in [-0.05, 0) is 12.1 Å². The second kappa shape index (κ2) is 4.62. The van der Waals surface area contributed by atoms with Gasteiger partial charge in [-0.1, -0.05) is 11.6 Å². The van der Waals surface area contributed by atoms with Crippen LogP contribution in [0.4, 0.5) is 4.39 Å². The third-order valence-corrected chi connectivity index (χ3v) is 1.81. The minimum Gasteiger partial charge on any atom is -0.476 e. The number of ether oxygens (including phenoxy) is 1. The van der Waals surface area contributed by atoms with Gasteiger partial charge in [0.2, 0.25) is 0 Å². The molecule has 1 atom stereocenters. The summed E-state index contributed by atoms with van der Waals surface area (Å²) in [5.74, 6) is -1.77. The SMILES string of the molecule is N#Cc1ccc(OC(F)C(=O)O)cc1Cl. The lowest BCUT2D eigenvalue weighted by Crippen LogP contribution is -2.21. The number of carboxylic acid groups (broad SMARTS) is 1. The van der Waals surface area contributed by atoms with Crippen molar-refractivity contribution >= 4 is 17.6 Å². The Hall–Kier alpha value is -1.80. The third-order valence-electron chi connectivity index (χ3n) is 1.49. The summed E-state index contributed by atoms with van der Waals surface area (Å²) < 4.78 is 17.0. The molecule has 6 heteroatoms. The number of benzene rings is 1. The number of alkyl halides is 1. The topological polar surface area (TPSA) is 70.3 Å². The molecule has 1 rings (SSSR count). The van der Waals surface area contributed by atoms with Gasteiger partial charge in [-0.2, -0.15) is 9.65 Å². The van der Waals surface area contributed by atoms with Crippen molar-refractivity contribution in [2.24, 2.45) is 0 Å². The molecule has 0 aliphatic heterocycles. The van der Waals surface area contributed by atoms with E-state index in [1.54, 1.807) is 6.07 Å². The van der Waals surface area contributed by atoms with Crippen molar-refractivity contribution in [3.63, 3.8) is 0 Å². The molecule has 1 N–H and O–H groups in total. The fourth-order valence-corrected chi connectivity index (χ4v) is 1.04. The zero-order chi connectivity index (χ0) is 11.4. The molecule has 0 spiro atoms. The minimum absolute atomic E-state index is 0.0473. The Labute approximate surface area is 89.5 Å². The highest BCUT2D eigenvalue weighted by molar-refractivity contribution is 6.31. The maximum Gasteiger partial charge on any atom is 0.378 e. The Morgan fingerprint density at radius 2 is 2.33 bits per heavy atom. The van der Waals surface area contributed by atoms with Crippen LogP contribution in [0.25, 0.3) is 0 Å². The van der Waals surface area contributed by atoms with Gasteiger partial charge in [0.1, 0.15) is 11.8 Å². The van der Waals surface area contributed by atoms with Crippen LogP contribution in [0.15, 0.2) is 18.2 Å². The van der Waals surface area contributed by atoms with Crippen LogP contribution in [0.2, 0.25) is 5.02 Å². The molecular formula is C9H5ClFNO3. The summed E-state index contributed by atoms with van der Waals surface area (Å²) in [7, 11) is 0. The smallest absolute Gasteiger partial charge is 0.378 e. The van der Waals surface area contributed by atoms with E-state index in [0.29, 0.717) is 0 Å². The van der Waals surface area contributed by atoms with Crippen molar-refractivity contribution in [2.45, 2.75) is 6.36 Å². The van der Waals surface area contributed by atoms with E-state index in [9.17, 15) is 9.18 Å². The average Bonchev–Trinajstić information content (AvgIpc) is 2.18. The van der Waals surface area contributed by atoms with E-state index >= 15 is 0 Å². The number of hydrogen-bond acceptors (Lipinski definition) is 3. The number of aliphatic carboxylic acids is 1. The first-order valence-electron chi connectivity index (χ1n) is 3.78. The molecule has 0 amide bonds. The number of carboxylic acids is 1. The van der Waals surface area contributed by atoms with Gasteiger partial charge < -0.3 is 9.84 Å². The molecule has 0 aliphatic carbocycles. The van der Waals surface area contributed by atoms with Crippen molar-refractivity contribution in [1.29, 1.82) is 5.26 Å². The maximum atomic E-state index is 12.6. The number of rotatable bonds is 3. The molecule has 1 aromatic carbocycles. The molecule has 0 bridgehead atoms. The van der Waals surface area contributed by atoms with Crippen molar-refractivity contribution in [3.8, 4) is 11.8 Å². The average molecular weight is 230 g/mol. The molecule has 15 heavy (non-hydrogen) atoms.